The molecule has 1 aliphatic heterocycles. The highest BCUT2D eigenvalue weighted by molar-refractivity contribution is 8.08. The smallest absolute Gasteiger partial charge is 0.234 e. The van der Waals surface area contributed by atoms with E-state index in [1.54, 1.807) is 0 Å². The summed E-state index contributed by atoms with van der Waals surface area (Å²) in [5.74, 6) is 0.678. The Morgan fingerprint density at radius 3 is 2.29 bits per heavy atom. The Morgan fingerprint density at radius 1 is 0.595 bits per heavy atom. The first kappa shape index (κ1) is 23.7. The van der Waals surface area contributed by atoms with Crippen molar-refractivity contribution in [2.45, 2.75) is 17.7 Å². The normalized spacial score (nSPS) is 13.6. The lowest BCUT2D eigenvalue weighted by Crippen LogP contribution is -2.04. The van der Waals surface area contributed by atoms with Gasteiger partial charge in [-0.25, -0.2) is 9.97 Å². The van der Waals surface area contributed by atoms with Crippen molar-refractivity contribution < 1.29 is 0 Å². The van der Waals surface area contributed by atoms with Gasteiger partial charge in [0.05, 0.1) is 11.0 Å². The molecular weight excluding hydrogens is 531 g/mol. The molecule has 0 saturated heterocycles. The maximum absolute atomic E-state index is 4.82. The molecule has 2 aromatic heterocycles. The highest BCUT2D eigenvalue weighted by atomic mass is 32.2. The number of thioether (sulfide) groups is 1. The van der Waals surface area contributed by atoms with E-state index in [-0.39, 0.29) is 0 Å². The van der Waals surface area contributed by atoms with Crippen molar-refractivity contribution in [1.82, 2.24) is 14.5 Å². The fourth-order valence-corrected chi connectivity index (χ4v) is 7.79. The SMILES string of the molecule is C1=C2Sc3ccc(-c4ccc5c(c4)c4ccccc4n5-c4ncc(-c5ccccc5)cn4)cc3-c3cccc(c32)CC1. The van der Waals surface area contributed by atoms with E-state index in [4.69, 9.17) is 9.97 Å². The van der Waals surface area contributed by atoms with Crippen molar-refractivity contribution in [2.75, 3.05) is 0 Å². The highest BCUT2D eigenvalue weighted by Crippen LogP contribution is 2.52. The predicted molar refractivity (Wildman–Crippen MR) is 175 cm³/mol. The van der Waals surface area contributed by atoms with Crippen LogP contribution in [0.4, 0.5) is 0 Å². The molecular formula is C38H25N3S. The molecule has 198 valence electrons. The Kier molecular flexibility index (Phi) is 5.26. The second kappa shape index (κ2) is 9.30. The summed E-state index contributed by atoms with van der Waals surface area (Å²) in [7, 11) is 0. The molecule has 0 fully saturated rings. The van der Waals surface area contributed by atoms with Crippen LogP contribution in [-0.2, 0) is 6.42 Å². The van der Waals surface area contributed by atoms with Crippen LogP contribution in [0.3, 0.4) is 0 Å². The zero-order valence-electron chi connectivity index (χ0n) is 22.8. The molecule has 0 spiro atoms. The molecule has 0 atom stereocenters. The number of nitrogens with zero attached hydrogens (tertiary/aromatic N) is 3. The Hall–Kier alpha value is -4.93. The summed E-state index contributed by atoms with van der Waals surface area (Å²) < 4.78 is 2.18. The molecule has 42 heavy (non-hydrogen) atoms. The number of hydrogen-bond donors (Lipinski definition) is 0. The van der Waals surface area contributed by atoms with Gasteiger partial charge in [0.1, 0.15) is 0 Å². The molecule has 2 aliphatic rings. The maximum atomic E-state index is 4.82. The Balaban J connectivity index is 1.17. The van der Waals surface area contributed by atoms with Gasteiger partial charge in [-0.1, -0.05) is 96.7 Å². The molecule has 3 heterocycles. The molecule has 7 aromatic rings. The number of aromatic nitrogens is 3. The van der Waals surface area contributed by atoms with Crippen molar-refractivity contribution in [3.63, 3.8) is 0 Å². The summed E-state index contributed by atoms with van der Waals surface area (Å²) in [6, 6.07) is 39.4. The summed E-state index contributed by atoms with van der Waals surface area (Å²) in [5, 5.41) is 2.40. The summed E-state index contributed by atoms with van der Waals surface area (Å²) in [5.41, 5.74) is 12.4. The van der Waals surface area contributed by atoms with Crippen LogP contribution in [-0.4, -0.2) is 14.5 Å². The van der Waals surface area contributed by atoms with Crippen molar-refractivity contribution in [2.24, 2.45) is 0 Å². The number of benzene rings is 5. The van der Waals surface area contributed by atoms with E-state index >= 15 is 0 Å². The third kappa shape index (κ3) is 3.62. The molecule has 0 saturated carbocycles. The lowest BCUT2D eigenvalue weighted by Gasteiger charge is -2.27. The molecule has 1 aliphatic carbocycles. The molecule has 4 heteroatoms. The van der Waals surface area contributed by atoms with Gasteiger partial charge in [-0.05, 0) is 82.1 Å². The number of fused-ring (bicyclic) bond motifs is 5. The van der Waals surface area contributed by atoms with E-state index in [0.717, 1.165) is 35.0 Å². The van der Waals surface area contributed by atoms with Crippen LogP contribution in [0.1, 0.15) is 17.5 Å². The van der Waals surface area contributed by atoms with E-state index in [0.29, 0.717) is 5.95 Å². The van der Waals surface area contributed by atoms with Gasteiger partial charge in [0.25, 0.3) is 0 Å². The Bertz CT molecular complexity index is 2210. The first-order chi connectivity index (χ1) is 20.8. The van der Waals surface area contributed by atoms with Gasteiger partial charge in [0.15, 0.2) is 0 Å². The first-order valence-corrected chi connectivity index (χ1v) is 15.2. The minimum atomic E-state index is 0.678. The first-order valence-electron chi connectivity index (χ1n) is 14.4. The second-order valence-corrected chi connectivity index (χ2v) is 12.1. The highest BCUT2D eigenvalue weighted by Gasteiger charge is 2.25. The van der Waals surface area contributed by atoms with Crippen molar-refractivity contribution >= 4 is 38.5 Å². The molecule has 0 amide bonds. The standard InChI is InChI=1S/C38H25N3S/c1-2-8-24(9-3-1)28-22-39-38(40-23-28)41-33-14-5-4-12-29(33)31-20-26(16-18-34(31)41)27-17-19-35-32(21-27)30-13-6-10-25-11-7-15-36(42-35)37(25)30/h1-6,8-10,12-23H,7,11H2. The van der Waals surface area contributed by atoms with E-state index in [1.165, 1.54) is 54.0 Å². The van der Waals surface area contributed by atoms with Gasteiger partial charge in [0.2, 0.25) is 5.95 Å². The van der Waals surface area contributed by atoms with Gasteiger partial charge in [-0.3, -0.25) is 4.57 Å². The van der Waals surface area contributed by atoms with E-state index in [9.17, 15) is 0 Å². The summed E-state index contributed by atoms with van der Waals surface area (Å²) >= 11 is 1.92. The lowest BCUT2D eigenvalue weighted by molar-refractivity contribution is 0.983. The molecule has 0 bridgehead atoms. The second-order valence-electron chi connectivity index (χ2n) is 11.0. The van der Waals surface area contributed by atoms with Crippen molar-refractivity contribution in [1.29, 1.82) is 0 Å². The van der Waals surface area contributed by atoms with Crippen molar-refractivity contribution in [3.8, 4) is 39.3 Å². The van der Waals surface area contributed by atoms with Crippen LogP contribution in [0, 0.1) is 0 Å². The third-order valence-electron chi connectivity index (χ3n) is 8.58. The Labute approximate surface area is 248 Å². The van der Waals surface area contributed by atoms with Gasteiger partial charge in [-0.2, -0.15) is 0 Å². The number of rotatable bonds is 3. The zero-order chi connectivity index (χ0) is 27.6. The molecule has 0 N–H and O–H groups in total. The molecule has 5 aromatic carbocycles. The van der Waals surface area contributed by atoms with E-state index in [1.807, 2.05) is 42.4 Å². The monoisotopic (exact) mass is 555 g/mol. The average Bonchev–Trinajstić information content (AvgIpc) is 3.39. The number of hydrogen-bond acceptors (Lipinski definition) is 3. The number of aryl methyl sites for hydroxylation is 1. The lowest BCUT2D eigenvalue weighted by atomic mass is 9.88. The minimum absolute atomic E-state index is 0.678. The van der Waals surface area contributed by atoms with E-state index in [2.05, 4.69) is 102 Å². The maximum Gasteiger partial charge on any atom is 0.234 e. The largest absolute Gasteiger partial charge is 0.278 e. The van der Waals surface area contributed by atoms with Crippen LogP contribution in [0.15, 0.2) is 133 Å². The zero-order valence-corrected chi connectivity index (χ0v) is 23.6. The van der Waals surface area contributed by atoms with Crippen molar-refractivity contribution in [3.05, 3.63) is 139 Å². The third-order valence-corrected chi connectivity index (χ3v) is 9.75. The summed E-state index contributed by atoms with van der Waals surface area (Å²) in [6.07, 6.45) is 8.50. The summed E-state index contributed by atoms with van der Waals surface area (Å²) in [4.78, 5) is 12.4. The topological polar surface area (TPSA) is 30.7 Å². The molecule has 0 unspecified atom stereocenters. The van der Waals surface area contributed by atoms with E-state index < -0.39 is 0 Å². The Morgan fingerprint density at radius 2 is 1.38 bits per heavy atom. The number of para-hydroxylation sites is 1. The number of allylic oxidation sites excluding steroid dienone is 1. The van der Waals surface area contributed by atoms with Gasteiger partial charge in [0, 0.05) is 38.5 Å². The fourth-order valence-electron chi connectivity index (χ4n) is 6.59. The quantitative estimate of drug-likeness (QED) is 0.217. The predicted octanol–water partition coefficient (Wildman–Crippen LogP) is 9.97. The average molecular weight is 556 g/mol. The minimum Gasteiger partial charge on any atom is -0.278 e. The van der Waals surface area contributed by atoms with Gasteiger partial charge >= 0.3 is 0 Å². The molecule has 3 nitrogen and oxygen atoms in total. The fraction of sp³-hybridized carbons (Fsp3) is 0.0526. The van der Waals surface area contributed by atoms with Crippen LogP contribution in [0.25, 0.3) is 66.0 Å². The van der Waals surface area contributed by atoms with Crippen LogP contribution in [0.5, 0.6) is 0 Å². The van der Waals surface area contributed by atoms with Crippen LogP contribution < -0.4 is 0 Å². The van der Waals surface area contributed by atoms with Crippen LogP contribution >= 0.6 is 11.8 Å². The summed E-state index contributed by atoms with van der Waals surface area (Å²) in [6.45, 7) is 0. The van der Waals surface area contributed by atoms with Gasteiger partial charge in [-0.15, -0.1) is 0 Å². The molecule has 0 radical (unpaired) electrons. The molecule has 9 rings (SSSR count). The van der Waals surface area contributed by atoms with Gasteiger partial charge < -0.3 is 0 Å². The van der Waals surface area contributed by atoms with Crippen LogP contribution in [0.2, 0.25) is 0 Å².